The largest absolute Gasteiger partial charge is 0.388 e. The molecule has 0 spiro atoms. The second kappa shape index (κ2) is 6.82. The van der Waals surface area contributed by atoms with Crippen LogP contribution in [0.2, 0.25) is 0 Å². The summed E-state index contributed by atoms with van der Waals surface area (Å²) in [5, 5.41) is 17.7. The molecule has 124 valence electrons. The number of amides is 1. The molecule has 1 fully saturated rings. The second-order valence-corrected chi connectivity index (χ2v) is 6.53. The van der Waals surface area contributed by atoms with Gasteiger partial charge in [0.05, 0.1) is 23.1 Å². The van der Waals surface area contributed by atoms with Crippen molar-refractivity contribution in [2.75, 3.05) is 6.54 Å². The fourth-order valence-corrected chi connectivity index (χ4v) is 2.67. The Balaban J connectivity index is 2.15. The van der Waals surface area contributed by atoms with Crippen LogP contribution in [0.15, 0.2) is 6.20 Å². The van der Waals surface area contributed by atoms with Crippen molar-refractivity contribution in [3.8, 4) is 0 Å². The van der Waals surface area contributed by atoms with Gasteiger partial charge in [-0.2, -0.15) is 5.10 Å². The fraction of sp³-hybridized carbons (Fsp3) is 0.765. The number of hydrogen-bond acceptors (Lipinski definition) is 3. The van der Waals surface area contributed by atoms with Gasteiger partial charge in [0, 0.05) is 18.5 Å². The molecule has 0 aromatic carbocycles. The highest BCUT2D eigenvalue weighted by Gasteiger charge is 2.33. The average Bonchev–Trinajstić information content (AvgIpc) is 3.29. The van der Waals surface area contributed by atoms with Gasteiger partial charge >= 0.3 is 0 Å². The van der Waals surface area contributed by atoms with Crippen LogP contribution in [0.4, 0.5) is 0 Å². The van der Waals surface area contributed by atoms with Crippen LogP contribution in [0, 0.1) is 0 Å². The van der Waals surface area contributed by atoms with Gasteiger partial charge in [-0.05, 0) is 39.0 Å². The molecule has 0 saturated heterocycles. The first-order chi connectivity index (χ1) is 10.5. The molecule has 1 aromatic heterocycles. The summed E-state index contributed by atoms with van der Waals surface area (Å²) in [6, 6.07) is 0.306. The van der Waals surface area contributed by atoms with Gasteiger partial charge < -0.3 is 10.4 Å². The smallest absolute Gasteiger partial charge is 0.254 e. The lowest BCUT2D eigenvalue weighted by Gasteiger charge is -2.25. The molecule has 1 aliphatic carbocycles. The molecule has 0 bridgehead atoms. The molecule has 1 heterocycles. The predicted molar refractivity (Wildman–Crippen MR) is 87.1 cm³/mol. The Hall–Kier alpha value is -1.36. The summed E-state index contributed by atoms with van der Waals surface area (Å²) >= 11 is 0. The van der Waals surface area contributed by atoms with Gasteiger partial charge in [0.15, 0.2) is 0 Å². The topological polar surface area (TPSA) is 67.2 Å². The molecule has 5 heteroatoms. The monoisotopic (exact) mass is 307 g/mol. The summed E-state index contributed by atoms with van der Waals surface area (Å²) in [5.74, 6) is 0.352. The first-order valence-corrected chi connectivity index (χ1v) is 8.53. The van der Waals surface area contributed by atoms with Crippen molar-refractivity contribution in [3.05, 3.63) is 17.5 Å². The molecule has 0 aliphatic heterocycles. The fourth-order valence-electron chi connectivity index (χ4n) is 2.67. The maximum absolute atomic E-state index is 12.5. The third-order valence-corrected chi connectivity index (χ3v) is 4.95. The quantitative estimate of drug-likeness (QED) is 0.776. The molecule has 1 saturated carbocycles. The normalized spacial score (nSPS) is 16.6. The minimum atomic E-state index is -0.817. The van der Waals surface area contributed by atoms with Crippen LogP contribution in [-0.2, 0) is 0 Å². The maximum atomic E-state index is 12.5. The Morgan fingerprint density at radius 1 is 1.45 bits per heavy atom. The van der Waals surface area contributed by atoms with Crippen molar-refractivity contribution < 1.29 is 9.90 Å². The summed E-state index contributed by atoms with van der Waals surface area (Å²) in [6.07, 6.45) is 6.21. The third-order valence-electron chi connectivity index (χ3n) is 4.95. The minimum Gasteiger partial charge on any atom is -0.388 e. The van der Waals surface area contributed by atoms with Crippen LogP contribution in [0.3, 0.4) is 0 Å². The van der Waals surface area contributed by atoms with E-state index in [2.05, 4.69) is 24.3 Å². The van der Waals surface area contributed by atoms with Crippen molar-refractivity contribution in [1.29, 1.82) is 0 Å². The number of rotatable bonds is 8. The van der Waals surface area contributed by atoms with Gasteiger partial charge in [-0.15, -0.1) is 0 Å². The van der Waals surface area contributed by atoms with E-state index in [1.807, 2.05) is 18.5 Å². The average molecular weight is 307 g/mol. The van der Waals surface area contributed by atoms with E-state index in [1.165, 1.54) is 0 Å². The molecule has 5 nitrogen and oxygen atoms in total. The highest BCUT2D eigenvalue weighted by molar-refractivity contribution is 5.95. The Bertz CT molecular complexity index is 516. The van der Waals surface area contributed by atoms with E-state index in [9.17, 15) is 9.90 Å². The summed E-state index contributed by atoms with van der Waals surface area (Å²) in [6.45, 7) is 8.43. The number of aromatic nitrogens is 2. The minimum absolute atomic E-state index is 0.114. The first-order valence-electron chi connectivity index (χ1n) is 8.53. The molecule has 1 aliphatic rings. The molecule has 2 rings (SSSR count). The molecular formula is C17H29N3O2. The van der Waals surface area contributed by atoms with Crippen molar-refractivity contribution in [2.45, 2.75) is 77.4 Å². The van der Waals surface area contributed by atoms with Gasteiger partial charge in [-0.25, -0.2) is 0 Å². The number of hydrogen-bond donors (Lipinski definition) is 2. The molecule has 1 amide bonds. The lowest BCUT2D eigenvalue weighted by atomic mass is 9.97. The van der Waals surface area contributed by atoms with Crippen molar-refractivity contribution in [2.24, 2.45) is 0 Å². The summed E-state index contributed by atoms with van der Waals surface area (Å²) in [7, 11) is 0. The van der Waals surface area contributed by atoms with E-state index in [0.29, 0.717) is 30.4 Å². The molecule has 1 aromatic rings. The SMILES string of the molecule is CCC(C)n1ncc(C(=O)NCC(O)(CC)CC)c1C1CC1. The van der Waals surface area contributed by atoms with Crippen molar-refractivity contribution in [1.82, 2.24) is 15.1 Å². The molecule has 1 atom stereocenters. The molecule has 0 radical (unpaired) electrons. The van der Waals surface area contributed by atoms with Crippen LogP contribution in [0.5, 0.6) is 0 Å². The van der Waals surface area contributed by atoms with E-state index in [1.54, 1.807) is 6.20 Å². The van der Waals surface area contributed by atoms with Gasteiger partial charge in [-0.3, -0.25) is 9.48 Å². The Morgan fingerprint density at radius 2 is 2.09 bits per heavy atom. The zero-order valence-electron chi connectivity index (χ0n) is 14.2. The number of carbonyl (C=O) groups excluding carboxylic acids is 1. The summed E-state index contributed by atoms with van der Waals surface area (Å²) in [5.41, 5.74) is 0.933. The highest BCUT2D eigenvalue weighted by atomic mass is 16.3. The summed E-state index contributed by atoms with van der Waals surface area (Å²) in [4.78, 5) is 12.5. The lowest BCUT2D eigenvalue weighted by molar-refractivity contribution is 0.0314. The van der Waals surface area contributed by atoms with E-state index >= 15 is 0 Å². The standard InChI is InChI=1S/C17H29N3O2/c1-5-12(4)20-15(13-8-9-13)14(10-19-20)16(21)18-11-17(22,6-2)7-3/h10,12-13,22H,5-9,11H2,1-4H3,(H,18,21). The number of carbonyl (C=O) groups is 1. The zero-order chi connectivity index (χ0) is 16.3. The van der Waals surface area contributed by atoms with Gasteiger partial charge in [-0.1, -0.05) is 20.8 Å². The Kier molecular flexibility index (Phi) is 5.27. The first kappa shape index (κ1) is 17.0. The zero-order valence-corrected chi connectivity index (χ0v) is 14.2. The van der Waals surface area contributed by atoms with E-state index in [4.69, 9.17) is 0 Å². The molecule has 22 heavy (non-hydrogen) atoms. The van der Waals surface area contributed by atoms with Gasteiger partial charge in [0.1, 0.15) is 0 Å². The van der Waals surface area contributed by atoms with Crippen LogP contribution < -0.4 is 5.32 Å². The third kappa shape index (κ3) is 3.51. The number of nitrogens with one attached hydrogen (secondary N) is 1. The van der Waals surface area contributed by atoms with Crippen LogP contribution in [0.1, 0.15) is 87.8 Å². The second-order valence-electron chi connectivity index (χ2n) is 6.53. The molecular weight excluding hydrogens is 278 g/mol. The number of nitrogens with zero attached hydrogens (tertiary/aromatic N) is 2. The van der Waals surface area contributed by atoms with Gasteiger partial charge in [0.25, 0.3) is 5.91 Å². The lowest BCUT2D eigenvalue weighted by Crippen LogP contribution is -2.42. The molecule has 1 unspecified atom stereocenters. The van der Waals surface area contributed by atoms with Crippen LogP contribution in [-0.4, -0.2) is 32.9 Å². The van der Waals surface area contributed by atoms with Crippen molar-refractivity contribution in [3.63, 3.8) is 0 Å². The molecule has 2 N–H and O–H groups in total. The van der Waals surface area contributed by atoms with E-state index < -0.39 is 5.60 Å². The predicted octanol–water partition coefficient (Wildman–Crippen LogP) is 3.01. The van der Waals surface area contributed by atoms with Crippen LogP contribution in [0.25, 0.3) is 0 Å². The summed E-state index contributed by atoms with van der Waals surface area (Å²) < 4.78 is 2.01. The van der Waals surface area contributed by atoms with Crippen LogP contribution >= 0.6 is 0 Å². The number of aliphatic hydroxyl groups is 1. The van der Waals surface area contributed by atoms with Gasteiger partial charge in [0.2, 0.25) is 0 Å². The van der Waals surface area contributed by atoms with Crippen molar-refractivity contribution >= 4 is 5.91 Å². The van der Waals surface area contributed by atoms with E-state index in [0.717, 1.165) is 25.0 Å². The highest BCUT2D eigenvalue weighted by Crippen LogP contribution is 2.42. The Morgan fingerprint density at radius 3 is 2.59 bits per heavy atom. The maximum Gasteiger partial charge on any atom is 0.254 e. The Labute approximate surface area is 133 Å². The van der Waals surface area contributed by atoms with E-state index in [-0.39, 0.29) is 12.5 Å².